The van der Waals surface area contributed by atoms with E-state index in [4.69, 9.17) is 0 Å². The molecule has 1 aliphatic heterocycles. The van der Waals surface area contributed by atoms with E-state index in [1.54, 1.807) is 12.4 Å². The molecule has 1 aromatic heterocycles. The van der Waals surface area contributed by atoms with Crippen LogP contribution in [0, 0.1) is 0 Å². The molecule has 1 atom stereocenters. The minimum Gasteiger partial charge on any atom is -0.351 e. The Labute approximate surface area is 120 Å². The lowest BCUT2D eigenvalue weighted by atomic mass is 10.3. The van der Waals surface area contributed by atoms with Crippen LogP contribution in [0.15, 0.2) is 12.4 Å². The molecular weight excluding hydrogens is 276 g/mol. The predicted molar refractivity (Wildman–Crippen MR) is 79.5 cm³/mol. The van der Waals surface area contributed by atoms with Gasteiger partial charge in [-0.3, -0.25) is 4.98 Å². The maximum atomic E-state index is 11.6. The molecule has 0 aliphatic carbocycles. The second-order valence-electron chi connectivity index (χ2n) is 5.56. The molecule has 0 amide bonds. The van der Waals surface area contributed by atoms with Crippen molar-refractivity contribution in [2.75, 3.05) is 23.0 Å². The molecule has 6 nitrogen and oxygen atoms in total. The summed E-state index contributed by atoms with van der Waals surface area (Å²) in [5.74, 6) is 1.13. The van der Waals surface area contributed by atoms with Crippen molar-refractivity contribution in [3.05, 3.63) is 18.1 Å². The summed E-state index contributed by atoms with van der Waals surface area (Å²) in [7, 11) is -2.90. The van der Waals surface area contributed by atoms with Crippen molar-refractivity contribution in [3.63, 3.8) is 0 Å². The third-order valence-corrected chi connectivity index (χ3v) is 5.14. The maximum absolute atomic E-state index is 11.6. The predicted octanol–water partition coefficient (Wildman–Crippen LogP) is 0.598. The van der Waals surface area contributed by atoms with Crippen molar-refractivity contribution in [2.24, 2.45) is 0 Å². The van der Waals surface area contributed by atoms with Crippen LogP contribution in [0.2, 0.25) is 0 Å². The maximum Gasteiger partial charge on any atom is 0.154 e. The molecule has 0 aromatic carbocycles. The fraction of sp³-hybridized carbons (Fsp3) is 0.692. The Hall–Kier alpha value is -1.21. The zero-order valence-corrected chi connectivity index (χ0v) is 13.0. The first-order valence-electron chi connectivity index (χ1n) is 6.89. The lowest BCUT2D eigenvalue weighted by molar-refractivity contribution is 0.565. The molecule has 1 aliphatic rings. The highest BCUT2D eigenvalue weighted by atomic mass is 32.2. The van der Waals surface area contributed by atoms with E-state index in [0.29, 0.717) is 19.1 Å². The normalized spacial score (nSPS) is 22.2. The quantitative estimate of drug-likeness (QED) is 0.877. The number of aromatic nitrogens is 2. The molecule has 2 rings (SSSR count). The van der Waals surface area contributed by atoms with E-state index in [2.05, 4.69) is 29.1 Å². The molecule has 1 unspecified atom stereocenters. The Morgan fingerprint density at radius 1 is 1.40 bits per heavy atom. The summed E-state index contributed by atoms with van der Waals surface area (Å²) >= 11 is 0. The van der Waals surface area contributed by atoms with Crippen LogP contribution < -0.4 is 10.2 Å². The van der Waals surface area contributed by atoms with Gasteiger partial charge in [0.2, 0.25) is 0 Å². The Bertz CT molecular complexity index is 542. The number of hydrogen-bond acceptors (Lipinski definition) is 6. The summed E-state index contributed by atoms with van der Waals surface area (Å²) in [5.41, 5.74) is 0.889. The Morgan fingerprint density at radius 2 is 2.15 bits per heavy atom. The first-order valence-corrected chi connectivity index (χ1v) is 8.71. The largest absolute Gasteiger partial charge is 0.351 e. The topological polar surface area (TPSA) is 75.2 Å². The van der Waals surface area contributed by atoms with E-state index in [1.165, 1.54) is 0 Å². The molecule has 0 bridgehead atoms. The molecule has 0 radical (unpaired) electrons. The van der Waals surface area contributed by atoms with Crippen LogP contribution in [-0.4, -0.2) is 48.5 Å². The van der Waals surface area contributed by atoms with Gasteiger partial charge in [0.15, 0.2) is 9.84 Å². The van der Waals surface area contributed by atoms with Crippen molar-refractivity contribution < 1.29 is 8.42 Å². The molecule has 0 saturated carbocycles. The van der Waals surface area contributed by atoms with Gasteiger partial charge in [0.1, 0.15) is 5.82 Å². The lowest BCUT2D eigenvalue weighted by Gasteiger charge is -2.33. The second kappa shape index (κ2) is 6.05. The van der Waals surface area contributed by atoms with Gasteiger partial charge in [-0.05, 0) is 6.92 Å². The van der Waals surface area contributed by atoms with Crippen LogP contribution in [0.25, 0.3) is 0 Å². The van der Waals surface area contributed by atoms with Crippen molar-refractivity contribution >= 4 is 15.7 Å². The molecule has 1 saturated heterocycles. The van der Waals surface area contributed by atoms with Crippen molar-refractivity contribution in [2.45, 2.75) is 39.4 Å². The first-order chi connectivity index (χ1) is 9.37. The highest BCUT2D eigenvalue weighted by molar-refractivity contribution is 7.91. The van der Waals surface area contributed by atoms with Crippen molar-refractivity contribution in [1.82, 2.24) is 15.3 Å². The number of rotatable bonds is 4. The van der Waals surface area contributed by atoms with E-state index in [-0.39, 0.29) is 17.5 Å². The molecule has 1 fully saturated rings. The lowest BCUT2D eigenvalue weighted by Crippen LogP contribution is -2.47. The van der Waals surface area contributed by atoms with Gasteiger partial charge in [-0.1, -0.05) is 13.8 Å². The molecule has 20 heavy (non-hydrogen) atoms. The zero-order chi connectivity index (χ0) is 14.8. The van der Waals surface area contributed by atoms with E-state index < -0.39 is 9.84 Å². The molecule has 1 aromatic rings. The minimum absolute atomic E-state index is 0.0531. The molecule has 1 N–H and O–H groups in total. The van der Waals surface area contributed by atoms with Gasteiger partial charge in [0.25, 0.3) is 0 Å². The Morgan fingerprint density at radius 3 is 2.70 bits per heavy atom. The van der Waals surface area contributed by atoms with Crippen molar-refractivity contribution in [1.29, 1.82) is 0 Å². The van der Waals surface area contributed by atoms with E-state index in [9.17, 15) is 8.42 Å². The fourth-order valence-electron chi connectivity index (χ4n) is 2.24. The van der Waals surface area contributed by atoms with Gasteiger partial charge in [-0.2, -0.15) is 0 Å². The van der Waals surface area contributed by atoms with E-state index in [0.717, 1.165) is 11.5 Å². The van der Waals surface area contributed by atoms with Gasteiger partial charge in [-0.25, -0.2) is 13.4 Å². The highest BCUT2D eigenvalue weighted by Gasteiger charge is 2.28. The van der Waals surface area contributed by atoms with Crippen molar-refractivity contribution in [3.8, 4) is 0 Å². The van der Waals surface area contributed by atoms with E-state index >= 15 is 0 Å². The van der Waals surface area contributed by atoms with E-state index in [1.807, 2.05) is 11.8 Å². The summed E-state index contributed by atoms with van der Waals surface area (Å²) < 4.78 is 23.1. The molecule has 7 heteroatoms. The van der Waals surface area contributed by atoms with Crippen LogP contribution in [-0.2, 0) is 16.4 Å². The third kappa shape index (κ3) is 3.89. The minimum atomic E-state index is -2.90. The number of hydrogen-bond donors (Lipinski definition) is 1. The van der Waals surface area contributed by atoms with Crippen LogP contribution in [0.5, 0.6) is 0 Å². The van der Waals surface area contributed by atoms with Gasteiger partial charge >= 0.3 is 0 Å². The van der Waals surface area contributed by atoms with Gasteiger partial charge in [0.05, 0.1) is 29.6 Å². The molecule has 2 heterocycles. The summed E-state index contributed by atoms with van der Waals surface area (Å²) in [5, 5.41) is 3.28. The summed E-state index contributed by atoms with van der Waals surface area (Å²) in [4.78, 5) is 10.8. The number of nitrogens with zero attached hydrogens (tertiary/aromatic N) is 3. The van der Waals surface area contributed by atoms with Crippen LogP contribution in [0.3, 0.4) is 0 Å². The zero-order valence-electron chi connectivity index (χ0n) is 12.2. The molecular formula is C13H22N4O2S. The van der Waals surface area contributed by atoms with Crippen LogP contribution >= 0.6 is 0 Å². The van der Waals surface area contributed by atoms with Crippen LogP contribution in [0.4, 0.5) is 5.82 Å². The van der Waals surface area contributed by atoms with Gasteiger partial charge < -0.3 is 10.2 Å². The standard InChI is InChI=1S/C13H22N4O2S/c1-10(2)14-6-12-7-16-13(8-15-12)17-4-5-20(18,19)9-11(17)3/h7-8,10-11,14H,4-6,9H2,1-3H3. The van der Waals surface area contributed by atoms with Gasteiger partial charge in [0, 0.05) is 25.2 Å². The summed E-state index contributed by atoms with van der Waals surface area (Å²) in [6, 6.07) is 0.353. The van der Waals surface area contributed by atoms with Gasteiger partial charge in [-0.15, -0.1) is 0 Å². The second-order valence-corrected chi connectivity index (χ2v) is 7.79. The number of nitrogens with one attached hydrogen (secondary N) is 1. The molecule has 0 spiro atoms. The third-order valence-electron chi connectivity index (χ3n) is 3.35. The molecule has 112 valence electrons. The summed E-state index contributed by atoms with van der Waals surface area (Å²) in [6.45, 7) is 7.25. The Balaban J connectivity index is 2.03. The van der Waals surface area contributed by atoms with Crippen LogP contribution in [0.1, 0.15) is 26.5 Å². The smallest absolute Gasteiger partial charge is 0.154 e. The highest BCUT2D eigenvalue weighted by Crippen LogP contribution is 2.18. The fourth-order valence-corrected chi connectivity index (χ4v) is 3.79. The average molecular weight is 298 g/mol. The Kier molecular flexibility index (Phi) is 4.59. The monoisotopic (exact) mass is 298 g/mol. The number of anilines is 1. The average Bonchev–Trinajstić information content (AvgIpc) is 2.36. The SMILES string of the molecule is CC(C)NCc1cnc(N2CCS(=O)(=O)CC2C)cn1. The first kappa shape index (κ1) is 15.2. The summed E-state index contributed by atoms with van der Waals surface area (Å²) in [6.07, 6.45) is 3.48. The number of sulfone groups is 1.